The van der Waals surface area contributed by atoms with Crippen molar-refractivity contribution in [2.24, 2.45) is 5.73 Å². The molecule has 0 unspecified atom stereocenters. The third-order valence-corrected chi connectivity index (χ3v) is 3.79. The molecule has 4 N–H and O–H groups in total. The monoisotopic (exact) mass is 383 g/mol. The second-order valence-corrected chi connectivity index (χ2v) is 6.00. The summed E-state index contributed by atoms with van der Waals surface area (Å²) in [5.74, 6) is 1.02. The summed E-state index contributed by atoms with van der Waals surface area (Å²) in [4.78, 5) is 22.9. The van der Waals surface area contributed by atoms with Gasteiger partial charge in [-0.25, -0.2) is 4.79 Å². The molecule has 3 amide bonds. The normalized spacial score (nSPS) is 10.5. The lowest BCUT2D eigenvalue weighted by atomic mass is 10.2. The zero-order chi connectivity index (χ0) is 20.4. The number of nitrogens with one attached hydrogen (secondary N) is 2. The van der Waals surface area contributed by atoms with Crippen LogP contribution in [0.4, 0.5) is 16.2 Å². The molecule has 0 saturated heterocycles. The maximum Gasteiger partial charge on any atom is 0.316 e. The van der Waals surface area contributed by atoms with Gasteiger partial charge in [-0.3, -0.25) is 4.79 Å². The number of unbranched alkanes of at least 4 members (excludes halogenated alkanes) is 1. The molecule has 0 radical (unpaired) electrons. The number of carbonyl (C=O) groups excluding carboxylic acids is 2. The third kappa shape index (κ3) is 6.68. The van der Waals surface area contributed by atoms with Gasteiger partial charge in [0.25, 0.3) is 0 Å². The van der Waals surface area contributed by atoms with E-state index < -0.39 is 6.03 Å². The number of anilines is 2. The summed E-state index contributed by atoms with van der Waals surface area (Å²) in [5, 5.41) is 5.19. The van der Waals surface area contributed by atoms with Crippen LogP contribution in [-0.2, 0) is 4.79 Å². The van der Waals surface area contributed by atoms with Crippen LogP contribution < -0.4 is 25.8 Å². The van der Waals surface area contributed by atoms with Crippen molar-refractivity contribution in [1.82, 2.24) is 0 Å². The van der Waals surface area contributed by atoms with Crippen molar-refractivity contribution >= 4 is 29.4 Å². The fraction of sp³-hybridized carbons (Fsp3) is 0.238. The van der Waals surface area contributed by atoms with Crippen molar-refractivity contribution in [1.29, 1.82) is 0 Å². The van der Waals surface area contributed by atoms with Gasteiger partial charge in [-0.2, -0.15) is 0 Å². The number of hydrogen-bond donors (Lipinski definition) is 3. The number of amides is 3. The summed E-state index contributed by atoms with van der Waals surface area (Å²) < 4.78 is 11.1. The molecule has 0 aliphatic heterocycles. The number of ether oxygens (including phenoxy) is 2. The highest BCUT2D eigenvalue weighted by Gasteiger charge is 2.05. The molecule has 0 fully saturated rings. The van der Waals surface area contributed by atoms with E-state index in [2.05, 4.69) is 17.6 Å². The molecule has 7 heteroatoms. The minimum atomic E-state index is -0.642. The Morgan fingerprint density at radius 2 is 1.71 bits per heavy atom. The van der Waals surface area contributed by atoms with Gasteiger partial charge in [0.2, 0.25) is 5.91 Å². The molecule has 0 atom stereocenters. The van der Waals surface area contributed by atoms with Crippen molar-refractivity contribution in [2.75, 3.05) is 24.4 Å². The van der Waals surface area contributed by atoms with E-state index in [0.29, 0.717) is 29.5 Å². The number of carbonyl (C=O) groups is 2. The van der Waals surface area contributed by atoms with Crippen LogP contribution in [0.1, 0.15) is 25.3 Å². The molecular weight excluding hydrogens is 358 g/mol. The van der Waals surface area contributed by atoms with Crippen molar-refractivity contribution < 1.29 is 19.1 Å². The number of benzene rings is 2. The molecular formula is C21H25N3O4. The Hall–Kier alpha value is -3.48. The molecule has 0 aliphatic rings. The van der Waals surface area contributed by atoms with Crippen LogP contribution in [0.25, 0.3) is 6.08 Å². The fourth-order valence-electron chi connectivity index (χ4n) is 2.37. The fourth-order valence-corrected chi connectivity index (χ4v) is 2.37. The lowest BCUT2D eigenvalue weighted by molar-refractivity contribution is -0.111. The highest BCUT2D eigenvalue weighted by atomic mass is 16.5. The largest absolute Gasteiger partial charge is 0.493 e. The van der Waals surface area contributed by atoms with Crippen molar-refractivity contribution in [2.45, 2.75) is 19.8 Å². The summed E-state index contributed by atoms with van der Waals surface area (Å²) in [7, 11) is 1.58. The van der Waals surface area contributed by atoms with E-state index >= 15 is 0 Å². The Morgan fingerprint density at radius 1 is 1.04 bits per heavy atom. The van der Waals surface area contributed by atoms with Gasteiger partial charge in [0.15, 0.2) is 11.5 Å². The molecule has 0 saturated carbocycles. The number of rotatable bonds is 9. The van der Waals surface area contributed by atoms with Crippen LogP contribution in [0, 0.1) is 0 Å². The molecule has 2 aromatic carbocycles. The number of hydrogen-bond acceptors (Lipinski definition) is 4. The summed E-state index contributed by atoms with van der Waals surface area (Å²) in [6.07, 6.45) is 5.16. The molecule has 7 nitrogen and oxygen atoms in total. The van der Waals surface area contributed by atoms with E-state index in [0.717, 1.165) is 18.4 Å². The van der Waals surface area contributed by atoms with E-state index in [9.17, 15) is 9.59 Å². The standard InChI is InChI=1S/C21H25N3O4/c1-3-4-13-28-18-11-5-15(14-19(18)27-2)6-12-20(25)23-16-7-9-17(10-8-16)24-21(22)26/h5-12,14H,3-4,13H2,1-2H3,(H,23,25)(H3,22,24,26)/b12-6+. The average molecular weight is 383 g/mol. The van der Waals surface area contributed by atoms with Crippen LogP contribution in [0.3, 0.4) is 0 Å². The van der Waals surface area contributed by atoms with Crippen molar-refractivity contribution in [3.63, 3.8) is 0 Å². The Bertz CT molecular complexity index is 832. The van der Waals surface area contributed by atoms with Gasteiger partial charge in [0.1, 0.15) is 0 Å². The highest BCUT2D eigenvalue weighted by molar-refractivity contribution is 6.02. The van der Waals surface area contributed by atoms with E-state index in [1.165, 1.54) is 6.08 Å². The first kappa shape index (κ1) is 20.8. The van der Waals surface area contributed by atoms with Crippen LogP contribution in [-0.4, -0.2) is 25.7 Å². The predicted octanol–water partition coefficient (Wildman–Crippen LogP) is 4.02. The zero-order valence-electron chi connectivity index (χ0n) is 16.0. The molecule has 0 aliphatic carbocycles. The average Bonchev–Trinajstić information content (AvgIpc) is 2.68. The third-order valence-electron chi connectivity index (χ3n) is 3.79. The Morgan fingerprint density at radius 3 is 2.32 bits per heavy atom. The topological polar surface area (TPSA) is 103 Å². The molecule has 148 valence electrons. The quantitative estimate of drug-likeness (QED) is 0.449. The van der Waals surface area contributed by atoms with Crippen molar-refractivity contribution in [3.05, 3.63) is 54.1 Å². The highest BCUT2D eigenvalue weighted by Crippen LogP contribution is 2.28. The van der Waals surface area contributed by atoms with Gasteiger partial charge in [0.05, 0.1) is 13.7 Å². The Kier molecular flexibility index (Phi) is 7.90. The van der Waals surface area contributed by atoms with Gasteiger partial charge < -0.3 is 25.8 Å². The lowest BCUT2D eigenvalue weighted by Crippen LogP contribution is -2.19. The number of urea groups is 1. The molecule has 0 aromatic heterocycles. The molecule has 28 heavy (non-hydrogen) atoms. The Balaban J connectivity index is 1.96. The minimum absolute atomic E-state index is 0.280. The maximum atomic E-state index is 12.1. The van der Waals surface area contributed by atoms with Crippen LogP contribution in [0.15, 0.2) is 48.5 Å². The SMILES string of the molecule is CCCCOc1ccc(/C=C/C(=O)Nc2ccc(NC(N)=O)cc2)cc1OC. The van der Waals surface area contributed by atoms with Crippen molar-refractivity contribution in [3.8, 4) is 11.5 Å². The Labute approximate surface area is 164 Å². The smallest absolute Gasteiger partial charge is 0.316 e. The number of nitrogens with two attached hydrogens (primary N) is 1. The van der Waals surface area contributed by atoms with Crippen LogP contribution in [0.2, 0.25) is 0 Å². The van der Waals surface area contributed by atoms with E-state index in [1.807, 2.05) is 18.2 Å². The summed E-state index contributed by atoms with van der Waals surface area (Å²) in [6.45, 7) is 2.74. The predicted molar refractivity (Wildman–Crippen MR) is 111 cm³/mol. The van der Waals surface area contributed by atoms with Crippen LogP contribution >= 0.6 is 0 Å². The summed E-state index contributed by atoms with van der Waals surface area (Å²) >= 11 is 0. The maximum absolute atomic E-state index is 12.1. The molecule has 2 aromatic rings. The molecule has 0 bridgehead atoms. The first-order chi connectivity index (χ1) is 13.5. The first-order valence-electron chi connectivity index (χ1n) is 8.98. The zero-order valence-corrected chi connectivity index (χ0v) is 16.0. The molecule has 0 spiro atoms. The molecule has 0 heterocycles. The second-order valence-electron chi connectivity index (χ2n) is 6.00. The van der Waals surface area contributed by atoms with E-state index in [-0.39, 0.29) is 5.91 Å². The molecule has 2 rings (SSSR count). The second kappa shape index (κ2) is 10.6. The summed E-state index contributed by atoms with van der Waals surface area (Å²) in [6, 6.07) is 11.5. The number of methoxy groups -OCH3 is 1. The van der Waals surface area contributed by atoms with Crippen LogP contribution in [0.5, 0.6) is 11.5 Å². The van der Waals surface area contributed by atoms with Gasteiger partial charge >= 0.3 is 6.03 Å². The number of primary amides is 1. The summed E-state index contributed by atoms with van der Waals surface area (Å²) in [5.41, 5.74) is 7.02. The lowest BCUT2D eigenvalue weighted by Gasteiger charge is -2.11. The minimum Gasteiger partial charge on any atom is -0.493 e. The van der Waals surface area contributed by atoms with Gasteiger partial charge in [0, 0.05) is 17.5 Å². The van der Waals surface area contributed by atoms with Gasteiger partial charge in [-0.15, -0.1) is 0 Å². The van der Waals surface area contributed by atoms with Gasteiger partial charge in [-0.1, -0.05) is 19.4 Å². The first-order valence-corrected chi connectivity index (χ1v) is 8.98. The van der Waals surface area contributed by atoms with Gasteiger partial charge in [-0.05, 0) is 54.5 Å². The van der Waals surface area contributed by atoms with E-state index in [1.54, 1.807) is 37.5 Å². The van der Waals surface area contributed by atoms with E-state index in [4.69, 9.17) is 15.2 Å².